The van der Waals surface area contributed by atoms with Gasteiger partial charge in [-0.25, -0.2) is 5.43 Å². The van der Waals surface area contributed by atoms with Crippen LogP contribution in [0.5, 0.6) is 11.5 Å². The zero-order valence-electron chi connectivity index (χ0n) is 17.2. The molecule has 0 aliphatic rings. The summed E-state index contributed by atoms with van der Waals surface area (Å²) in [5, 5.41) is 26.5. The molecular formula is C23H20N6O3. The van der Waals surface area contributed by atoms with Crippen molar-refractivity contribution in [1.29, 1.82) is 0 Å². The smallest absolute Gasteiger partial charge is 0.271 e. The first-order valence-corrected chi connectivity index (χ1v) is 9.75. The van der Waals surface area contributed by atoms with Crippen molar-refractivity contribution in [3.8, 4) is 22.9 Å². The van der Waals surface area contributed by atoms with Gasteiger partial charge in [0.1, 0.15) is 0 Å². The van der Waals surface area contributed by atoms with Crippen LogP contribution in [0.15, 0.2) is 77.9 Å². The quantitative estimate of drug-likeness (QED) is 0.346. The zero-order chi connectivity index (χ0) is 22.3. The predicted octanol–water partition coefficient (Wildman–Crippen LogP) is 2.87. The Labute approximate surface area is 184 Å². The molecule has 0 aliphatic heterocycles. The second-order valence-electron chi connectivity index (χ2n) is 6.80. The van der Waals surface area contributed by atoms with Crippen LogP contribution in [0.3, 0.4) is 0 Å². The van der Waals surface area contributed by atoms with Crippen molar-refractivity contribution in [3.63, 3.8) is 0 Å². The molecule has 0 unspecified atom stereocenters. The zero-order valence-corrected chi connectivity index (χ0v) is 17.2. The normalized spacial score (nSPS) is 10.9. The fourth-order valence-electron chi connectivity index (χ4n) is 2.97. The first kappa shape index (κ1) is 20.7. The van der Waals surface area contributed by atoms with Crippen LogP contribution in [0.1, 0.15) is 21.5 Å². The lowest BCUT2D eigenvalue weighted by molar-refractivity contribution is 0.0955. The largest absolute Gasteiger partial charge is 0.504 e. The second kappa shape index (κ2) is 9.52. The third-order valence-electron chi connectivity index (χ3n) is 4.64. The molecule has 1 aromatic heterocycles. The number of phenols is 1. The van der Waals surface area contributed by atoms with Gasteiger partial charge in [-0.15, -0.1) is 10.2 Å². The van der Waals surface area contributed by atoms with Crippen molar-refractivity contribution < 1.29 is 14.6 Å². The summed E-state index contributed by atoms with van der Waals surface area (Å²) in [5.41, 5.74) is 5.13. The molecule has 3 aromatic carbocycles. The molecule has 0 atom stereocenters. The predicted molar refractivity (Wildman–Crippen MR) is 119 cm³/mol. The highest BCUT2D eigenvalue weighted by atomic mass is 16.5. The van der Waals surface area contributed by atoms with E-state index < -0.39 is 0 Å². The van der Waals surface area contributed by atoms with Crippen LogP contribution in [-0.4, -0.2) is 44.5 Å². The van der Waals surface area contributed by atoms with Gasteiger partial charge in [0.25, 0.3) is 5.91 Å². The monoisotopic (exact) mass is 428 g/mol. The van der Waals surface area contributed by atoms with Crippen molar-refractivity contribution in [1.82, 2.24) is 25.6 Å². The van der Waals surface area contributed by atoms with Gasteiger partial charge in [0.15, 0.2) is 11.5 Å². The highest BCUT2D eigenvalue weighted by Crippen LogP contribution is 2.27. The molecule has 9 nitrogen and oxygen atoms in total. The van der Waals surface area contributed by atoms with Crippen molar-refractivity contribution >= 4 is 12.1 Å². The molecule has 0 saturated heterocycles. The number of hydrazone groups is 1. The number of benzene rings is 3. The molecule has 9 heteroatoms. The molecule has 4 rings (SSSR count). The van der Waals surface area contributed by atoms with Crippen LogP contribution < -0.4 is 10.2 Å². The number of ether oxygens (including phenoxy) is 1. The van der Waals surface area contributed by atoms with Crippen LogP contribution in [0.4, 0.5) is 0 Å². The average molecular weight is 428 g/mol. The number of methoxy groups -OCH3 is 1. The lowest BCUT2D eigenvalue weighted by Gasteiger charge is -2.05. The van der Waals surface area contributed by atoms with E-state index in [-0.39, 0.29) is 11.7 Å². The molecule has 4 aromatic rings. The Morgan fingerprint density at radius 1 is 1.09 bits per heavy atom. The van der Waals surface area contributed by atoms with E-state index >= 15 is 0 Å². The molecule has 0 radical (unpaired) electrons. The summed E-state index contributed by atoms with van der Waals surface area (Å²) in [7, 11) is 1.46. The number of para-hydroxylation sites is 1. The molecule has 1 amide bonds. The maximum Gasteiger partial charge on any atom is 0.271 e. The highest BCUT2D eigenvalue weighted by molar-refractivity contribution is 5.95. The van der Waals surface area contributed by atoms with Gasteiger partial charge in [-0.2, -0.15) is 9.90 Å². The number of hydrogen-bond donors (Lipinski definition) is 2. The molecule has 0 fully saturated rings. The average Bonchev–Trinajstić information content (AvgIpc) is 3.29. The van der Waals surface area contributed by atoms with E-state index in [1.165, 1.54) is 18.1 Å². The maximum absolute atomic E-state index is 12.3. The number of rotatable bonds is 7. The molecule has 1 heterocycles. The van der Waals surface area contributed by atoms with E-state index in [0.29, 0.717) is 29.2 Å². The highest BCUT2D eigenvalue weighted by Gasteiger charge is 2.08. The summed E-state index contributed by atoms with van der Waals surface area (Å²) in [4.78, 5) is 13.8. The molecule has 32 heavy (non-hydrogen) atoms. The van der Waals surface area contributed by atoms with Crippen molar-refractivity contribution in [2.45, 2.75) is 6.54 Å². The Morgan fingerprint density at radius 2 is 1.88 bits per heavy atom. The molecule has 2 N–H and O–H groups in total. The van der Waals surface area contributed by atoms with E-state index in [9.17, 15) is 9.90 Å². The van der Waals surface area contributed by atoms with E-state index in [1.807, 2.05) is 42.5 Å². The topological polar surface area (TPSA) is 115 Å². The van der Waals surface area contributed by atoms with Gasteiger partial charge in [0, 0.05) is 16.7 Å². The fraction of sp³-hybridized carbons (Fsp3) is 0.0870. The number of amides is 1. The van der Waals surface area contributed by atoms with Gasteiger partial charge in [-0.05, 0) is 35.0 Å². The Morgan fingerprint density at radius 3 is 2.62 bits per heavy atom. The van der Waals surface area contributed by atoms with Gasteiger partial charge in [-0.1, -0.05) is 48.5 Å². The third-order valence-corrected chi connectivity index (χ3v) is 4.64. The summed E-state index contributed by atoms with van der Waals surface area (Å²) < 4.78 is 5.05. The number of tetrazole rings is 1. The molecular weight excluding hydrogens is 408 g/mol. The van der Waals surface area contributed by atoms with E-state index in [1.54, 1.807) is 30.3 Å². The second-order valence-corrected chi connectivity index (χ2v) is 6.80. The number of aromatic nitrogens is 4. The molecule has 0 aliphatic carbocycles. The number of nitrogens with one attached hydrogen (secondary N) is 1. The Balaban J connectivity index is 1.36. The number of carbonyl (C=O) groups is 1. The third kappa shape index (κ3) is 4.78. The van der Waals surface area contributed by atoms with Gasteiger partial charge in [-0.3, -0.25) is 4.79 Å². The minimum atomic E-state index is -0.375. The Kier molecular flexibility index (Phi) is 6.17. The van der Waals surface area contributed by atoms with Crippen molar-refractivity contribution in [3.05, 3.63) is 89.5 Å². The van der Waals surface area contributed by atoms with Crippen LogP contribution in [-0.2, 0) is 6.54 Å². The van der Waals surface area contributed by atoms with Crippen LogP contribution in [0, 0.1) is 0 Å². The minimum Gasteiger partial charge on any atom is -0.504 e. The summed E-state index contributed by atoms with van der Waals surface area (Å²) >= 11 is 0. The van der Waals surface area contributed by atoms with E-state index in [0.717, 1.165) is 11.1 Å². The fourth-order valence-corrected chi connectivity index (χ4v) is 2.97. The Bertz CT molecular complexity index is 1240. The lowest BCUT2D eigenvalue weighted by atomic mass is 10.1. The van der Waals surface area contributed by atoms with Gasteiger partial charge < -0.3 is 9.84 Å². The SMILES string of the molecule is COc1cccc(/C=N/NC(=O)c2ccc(Cn3nnc(-c4ccccc4)n3)cc2)c1O. The summed E-state index contributed by atoms with van der Waals surface area (Å²) in [5.74, 6) is 0.463. The molecule has 160 valence electrons. The van der Waals surface area contributed by atoms with Crippen LogP contribution >= 0.6 is 0 Å². The number of nitrogens with zero attached hydrogens (tertiary/aromatic N) is 5. The first-order valence-electron chi connectivity index (χ1n) is 9.75. The summed E-state index contributed by atoms with van der Waals surface area (Å²) in [6.45, 7) is 0.426. The lowest BCUT2D eigenvalue weighted by Crippen LogP contribution is -2.17. The van der Waals surface area contributed by atoms with Gasteiger partial charge in [0.05, 0.1) is 19.9 Å². The number of aromatic hydroxyl groups is 1. The van der Waals surface area contributed by atoms with Crippen LogP contribution in [0.25, 0.3) is 11.4 Å². The van der Waals surface area contributed by atoms with E-state index in [2.05, 4.69) is 25.9 Å². The van der Waals surface area contributed by atoms with Crippen molar-refractivity contribution in [2.24, 2.45) is 5.10 Å². The maximum atomic E-state index is 12.3. The number of carbonyl (C=O) groups excluding carboxylic acids is 1. The van der Waals surface area contributed by atoms with Gasteiger partial charge >= 0.3 is 0 Å². The van der Waals surface area contributed by atoms with Gasteiger partial charge in [0.2, 0.25) is 5.82 Å². The first-order chi connectivity index (χ1) is 15.6. The number of phenolic OH excluding ortho intramolecular Hbond substituents is 1. The van der Waals surface area contributed by atoms with Crippen LogP contribution in [0.2, 0.25) is 0 Å². The molecule has 0 spiro atoms. The molecule has 0 saturated carbocycles. The summed E-state index contributed by atoms with van der Waals surface area (Å²) in [6.07, 6.45) is 1.35. The van der Waals surface area contributed by atoms with E-state index in [4.69, 9.17) is 4.74 Å². The Hall–Kier alpha value is -4.53. The van der Waals surface area contributed by atoms with Crippen molar-refractivity contribution in [2.75, 3.05) is 7.11 Å². The summed E-state index contributed by atoms with van der Waals surface area (Å²) in [6, 6.07) is 21.6. The molecule has 0 bridgehead atoms. The minimum absolute atomic E-state index is 0.0468. The number of hydrogen-bond acceptors (Lipinski definition) is 7. The standard InChI is InChI=1S/C23H20N6O3/c1-32-20-9-5-8-19(21(20)30)14-24-26-23(31)18-12-10-16(11-13-18)15-29-27-22(25-28-29)17-6-3-2-4-7-17/h2-14,30H,15H2,1H3,(H,26,31)/b24-14+.